The van der Waals surface area contributed by atoms with Crippen LogP contribution in [0.3, 0.4) is 0 Å². The number of likely N-dealkylation sites (N-methyl/N-ethyl adjacent to an activating group) is 4. The smallest absolute Gasteiger partial charge is 0.256 e. The summed E-state index contributed by atoms with van der Waals surface area (Å²) in [5.41, 5.74) is 19.0. The minimum absolute atomic E-state index is 0.0398. The number of nitrogens with zero attached hydrogens (tertiary/aromatic N) is 4. The van der Waals surface area contributed by atoms with Gasteiger partial charge >= 0.3 is 0 Å². The van der Waals surface area contributed by atoms with E-state index < -0.39 is 6.10 Å². The zero-order valence-electron chi connectivity index (χ0n) is 90.5. The number of aromatic amines is 4. The zero-order chi connectivity index (χ0) is 108. The van der Waals surface area contributed by atoms with Crippen LogP contribution in [0.4, 0.5) is 22.7 Å². The minimum Gasteiger partial charge on any atom is -0.491 e. The number of hydrogen-bond donors (Lipinski definition) is 12. The number of Topliss-reactive ketones (excluding diaryl/α,β-unsaturated/α-hetero) is 4. The third kappa shape index (κ3) is 32.6. The van der Waals surface area contributed by atoms with E-state index in [9.17, 15) is 57.5 Å². The molecule has 4 aromatic heterocycles. The van der Waals surface area contributed by atoms with Gasteiger partial charge < -0.3 is 120 Å². The molecule has 4 aliphatic rings. The van der Waals surface area contributed by atoms with Crippen LogP contribution in [-0.2, 0) is 57.3 Å². The van der Waals surface area contributed by atoms with Gasteiger partial charge in [-0.25, -0.2) is 0 Å². The number of fused-ring (bicyclic) bond motifs is 4. The molecule has 8 amide bonds. The molecular formula is C112H152N16O20. The van der Waals surface area contributed by atoms with E-state index in [1.807, 2.05) is 88.3 Å². The molecule has 8 heterocycles. The standard InChI is InChI=1S/C30H42N4O5.C28H38N4O5.2C27H36N4O5/c1-9-34(10-2)14-13-31-30(37)28-17(3)27(32-18(28)4)16-25-24-15-23(11-12-26(24)33-29(25)36)39-22(8)21(7)38-20(6)19(5)35;1-7-32(8-2)12-11-29-28(35)26-19(5)25(30-20(26)6)14-23-22-13-21(9-10-24(22)31-27(23)34)37-16-18(4)36-15-17(3)33;2*1-6-31(7-2)11-10-28-27(34)25-18(4)24(29-19(25)5)15-22-21-14-20(8-9-23(21)30-26(22)33)36-13-12-35-16-17(3)32/h11-12,15-16,20-22,32H,9-10,13-14H2,1-8H3,(H,31,37)(H,33,36);9-10,13-14,18,30H,7-8,11-12,15-16H2,1-6H3,(H,29,35)(H,31,34);2*8-9,14-15,29H,6-7,10-13,16H2,1-5H3,(H,28,34)(H,30,33)/b25-16-;23-14-;2*22-15-. The van der Waals surface area contributed by atoms with Crippen LogP contribution < -0.4 is 61.5 Å². The molecule has 0 bridgehead atoms. The van der Waals surface area contributed by atoms with Crippen molar-refractivity contribution >= 4 is 140 Å². The Morgan fingerprint density at radius 3 is 0.872 bits per heavy atom. The molecule has 0 saturated carbocycles. The number of nitrogens with one attached hydrogen (secondary N) is 12. The van der Waals surface area contributed by atoms with Crippen LogP contribution in [0.5, 0.6) is 23.0 Å². The van der Waals surface area contributed by atoms with Crippen molar-refractivity contribution in [2.24, 2.45) is 0 Å². The first-order valence-electron chi connectivity index (χ1n) is 51.0. The van der Waals surface area contributed by atoms with Gasteiger partial charge in [-0.2, -0.15) is 0 Å². The second kappa shape index (κ2) is 57.0. The Labute approximate surface area is 868 Å². The van der Waals surface area contributed by atoms with Gasteiger partial charge in [0.1, 0.15) is 74.8 Å². The normalized spacial score (nSPS) is 14.6. The Balaban J connectivity index is 0.000000219. The summed E-state index contributed by atoms with van der Waals surface area (Å²) in [4.78, 5) is 169. The van der Waals surface area contributed by atoms with Gasteiger partial charge in [0, 0.05) is 143 Å². The van der Waals surface area contributed by atoms with E-state index in [0.717, 1.165) is 140 Å². The highest BCUT2D eigenvalue weighted by atomic mass is 16.6. The number of rotatable bonds is 52. The van der Waals surface area contributed by atoms with Gasteiger partial charge in [0.25, 0.3) is 47.3 Å². The average Bonchev–Trinajstić information content (AvgIpc) is 1.67. The fraction of sp³-hybridized carbons (Fsp3) is 0.464. The molecule has 0 radical (unpaired) electrons. The molecule has 800 valence electrons. The molecule has 0 saturated heterocycles. The van der Waals surface area contributed by atoms with Crippen molar-refractivity contribution in [1.29, 1.82) is 0 Å². The highest BCUT2D eigenvalue weighted by Gasteiger charge is 2.34. The number of anilines is 4. The number of benzene rings is 4. The molecule has 0 aliphatic carbocycles. The summed E-state index contributed by atoms with van der Waals surface area (Å²) in [5, 5.41) is 23.6. The molecule has 0 spiro atoms. The van der Waals surface area contributed by atoms with Gasteiger partial charge in [-0.15, -0.1) is 0 Å². The molecule has 4 aromatic carbocycles. The summed E-state index contributed by atoms with van der Waals surface area (Å²) in [7, 11) is 0. The van der Waals surface area contributed by atoms with Gasteiger partial charge in [0.05, 0.1) is 70.0 Å². The summed E-state index contributed by atoms with van der Waals surface area (Å²) < 4.78 is 45.0. The second-order valence-electron chi connectivity index (χ2n) is 36.9. The van der Waals surface area contributed by atoms with E-state index in [1.54, 1.807) is 91.9 Å². The van der Waals surface area contributed by atoms with Crippen molar-refractivity contribution in [2.45, 2.75) is 191 Å². The maximum Gasteiger partial charge on any atom is 0.256 e. The highest BCUT2D eigenvalue weighted by molar-refractivity contribution is 6.37. The van der Waals surface area contributed by atoms with Crippen LogP contribution in [0.2, 0.25) is 0 Å². The number of aromatic nitrogens is 4. The van der Waals surface area contributed by atoms with Crippen LogP contribution in [0.25, 0.3) is 46.6 Å². The van der Waals surface area contributed by atoms with Gasteiger partial charge in [0.2, 0.25) is 0 Å². The zero-order valence-corrected chi connectivity index (χ0v) is 90.5. The first-order valence-corrected chi connectivity index (χ1v) is 51.0. The maximum atomic E-state index is 13.0. The Morgan fingerprint density at radius 2 is 0.608 bits per heavy atom. The molecule has 36 nitrogen and oxygen atoms in total. The van der Waals surface area contributed by atoms with Crippen molar-refractivity contribution in [3.8, 4) is 23.0 Å². The summed E-state index contributed by atoms with van der Waals surface area (Å²) in [6.07, 6.45) is 5.71. The van der Waals surface area contributed by atoms with Gasteiger partial charge in [-0.3, -0.25) is 57.5 Å². The van der Waals surface area contributed by atoms with Crippen molar-refractivity contribution in [3.05, 3.63) is 185 Å². The molecule has 0 fully saturated rings. The molecule has 4 unspecified atom stereocenters. The second-order valence-corrected chi connectivity index (χ2v) is 36.9. The van der Waals surface area contributed by atoms with Gasteiger partial charge in [-0.05, 0) is 282 Å². The number of carbonyl (C=O) groups is 12. The number of carbonyl (C=O) groups excluding carboxylic acids is 12. The lowest BCUT2D eigenvalue weighted by molar-refractivity contribution is -0.133. The predicted molar refractivity (Wildman–Crippen MR) is 580 cm³/mol. The van der Waals surface area contributed by atoms with E-state index >= 15 is 0 Å². The summed E-state index contributed by atoms with van der Waals surface area (Å²) in [5.74, 6) is 0.803. The SMILES string of the molecule is CCN(CC)CCNC(=O)c1c(C)[nH]c(/C=C2\C(=O)Nc3ccc(OC(C)C(C)OC(C)C(C)=O)cc32)c1C.CCN(CC)CCNC(=O)c1c(C)[nH]c(/C=C2\C(=O)Nc3ccc(OCC(C)OCC(C)=O)cc32)c1C.CCN(CC)CCNC(=O)c1c(C)[nH]c(/C=C2\C(=O)Nc3ccc(OCCOCC(C)=O)cc32)c1C.CCN(CC)CCNC(=O)c1c(C)[nH]c(/C=C2\C(=O)Nc3ccc(OCCOCC(C)=O)cc32)c1C. The number of H-pyrrole nitrogens is 4. The molecule has 36 heteroatoms. The Hall–Kier alpha value is -13.7. The molecule has 148 heavy (non-hydrogen) atoms. The van der Waals surface area contributed by atoms with Crippen LogP contribution in [0, 0.1) is 55.4 Å². The van der Waals surface area contributed by atoms with Gasteiger partial charge in [0.15, 0.2) is 23.1 Å². The fourth-order valence-corrected chi connectivity index (χ4v) is 17.3. The highest BCUT2D eigenvalue weighted by Crippen LogP contribution is 2.42. The third-order valence-electron chi connectivity index (χ3n) is 26.1. The Bertz CT molecular complexity index is 6010. The minimum atomic E-state index is -0.510. The first-order chi connectivity index (χ1) is 70.6. The summed E-state index contributed by atoms with van der Waals surface area (Å²) in [6, 6.07) is 21.6. The van der Waals surface area contributed by atoms with E-state index in [1.165, 1.54) is 27.7 Å². The number of ether oxygens (including phenoxy) is 8. The first kappa shape index (κ1) is 118. The van der Waals surface area contributed by atoms with Crippen molar-refractivity contribution in [3.63, 3.8) is 0 Å². The van der Waals surface area contributed by atoms with Crippen LogP contribution in [0.1, 0.15) is 242 Å². The lowest BCUT2D eigenvalue weighted by atomic mass is 10.0. The monoisotopic (exact) mass is 2040 g/mol. The Kier molecular flexibility index (Phi) is 45.4. The van der Waals surface area contributed by atoms with Crippen LogP contribution in [0.15, 0.2) is 72.8 Å². The fourth-order valence-electron chi connectivity index (χ4n) is 17.3. The topological polar surface area (TPSA) is 451 Å². The molecule has 4 atom stereocenters. The van der Waals surface area contributed by atoms with E-state index in [2.05, 4.69) is 137 Å². The summed E-state index contributed by atoms with van der Waals surface area (Å²) in [6.45, 7) is 59.5. The van der Waals surface area contributed by atoms with E-state index in [-0.39, 0.29) is 142 Å². The van der Waals surface area contributed by atoms with Crippen LogP contribution >= 0.6 is 0 Å². The predicted octanol–water partition coefficient (Wildman–Crippen LogP) is 14.3. The van der Waals surface area contributed by atoms with Crippen LogP contribution in [-0.4, -0.2) is 292 Å². The summed E-state index contributed by atoms with van der Waals surface area (Å²) >= 11 is 0. The lowest BCUT2D eigenvalue weighted by Gasteiger charge is -2.24. The van der Waals surface area contributed by atoms with Gasteiger partial charge in [-0.1, -0.05) is 55.4 Å². The molecule has 12 rings (SSSR count). The number of ketones is 4. The van der Waals surface area contributed by atoms with Crippen molar-refractivity contribution in [1.82, 2.24) is 60.8 Å². The lowest BCUT2D eigenvalue weighted by Crippen LogP contribution is -2.35. The average molecular weight is 2040 g/mol. The molecule has 12 N–H and O–H groups in total. The Morgan fingerprint density at radius 1 is 0.345 bits per heavy atom. The van der Waals surface area contributed by atoms with Crippen molar-refractivity contribution < 1.29 is 95.4 Å². The number of amides is 8. The van der Waals surface area contributed by atoms with E-state index in [0.29, 0.717) is 145 Å². The third-order valence-corrected chi connectivity index (χ3v) is 26.1. The molecule has 4 aliphatic heterocycles. The van der Waals surface area contributed by atoms with Crippen molar-refractivity contribution in [2.75, 3.05) is 179 Å². The van der Waals surface area contributed by atoms with E-state index in [4.69, 9.17) is 37.9 Å². The molecule has 8 aromatic rings. The largest absolute Gasteiger partial charge is 0.491 e. The quantitative estimate of drug-likeness (QED) is 0.0124. The molecular weight excluding hydrogens is 1890 g/mol. The number of aryl methyl sites for hydroxylation is 4. The maximum absolute atomic E-state index is 13.0. The number of hydrogen-bond acceptors (Lipinski definition) is 24.